The van der Waals surface area contributed by atoms with Crippen LogP contribution in [0.25, 0.3) is 11.1 Å². The van der Waals surface area contributed by atoms with Crippen LogP contribution in [0.3, 0.4) is 0 Å². The Kier molecular flexibility index (Phi) is 7.43. The fraction of sp³-hybridized carbons (Fsp3) is 0.310. The summed E-state index contributed by atoms with van der Waals surface area (Å²) < 4.78 is 12.4. The Balaban J connectivity index is 1.60. The van der Waals surface area contributed by atoms with Gasteiger partial charge in [0.25, 0.3) is 0 Å². The lowest BCUT2D eigenvalue weighted by Gasteiger charge is -2.31. The number of allylic oxidation sites excluding steroid dienone is 1. The van der Waals surface area contributed by atoms with Gasteiger partial charge in [0, 0.05) is 17.2 Å². The lowest BCUT2D eigenvalue weighted by atomic mass is 9.86. The first-order valence-electron chi connectivity index (χ1n) is 12.1. The molecule has 4 rings (SSSR count). The van der Waals surface area contributed by atoms with Gasteiger partial charge in [-0.1, -0.05) is 31.2 Å². The Hall–Kier alpha value is -3.44. The maximum Gasteiger partial charge on any atom is 0.150 e. The van der Waals surface area contributed by atoms with Crippen molar-refractivity contribution in [1.82, 2.24) is 0 Å². The number of likely N-dealkylation sites (N-methyl/N-ethyl adjacent to an activating group) is 1. The summed E-state index contributed by atoms with van der Waals surface area (Å²) in [5, 5.41) is 19.8. The third-order valence-corrected chi connectivity index (χ3v) is 6.47. The second kappa shape index (κ2) is 10.7. The predicted molar refractivity (Wildman–Crippen MR) is 136 cm³/mol. The van der Waals surface area contributed by atoms with Crippen molar-refractivity contribution >= 4 is 11.1 Å². The largest absolute Gasteiger partial charge is 0.508 e. The summed E-state index contributed by atoms with van der Waals surface area (Å²) in [6.45, 7) is 10.5. The van der Waals surface area contributed by atoms with Crippen molar-refractivity contribution in [3.63, 3.8) is 0 Å². The van der Waals surface area contributed by atoms with Crippen LogP contribution >= 0.6 is 0 Å². The van der Waals surface area contributed by atoms with Crippen molar-refractivity contribution in [3.8, 4) is 23.0 Å². The molecule has 3 N–H and O–H groups in total. The molecule has 1 unspecified atom stereocenters. The summed E-state index contributed by atoms with van der Waals surface area (Å²) in [6, 6.07) is 20.5. The smallest absolute Gasteiger partial charge is 0.150 e. The van der Waals surface area contributed by atoms with E-state index in [4.69, 9.17) is 9.47 Å². The number of benzene rings is 3. The zero-order chi connectivity index (χ0) is 24.1. The van der Waals surface area contributed by atoms with Gasteiger partial charge < -0.3 is 24.6 Å². The summed E-state index contributed by atoms with van der Waals surface area (Å²) in [5.41, 5.74) is 5.05. The van der Waals surface area contributed by atoms with E-state index in [-0.39, 0.29) is 17.6 Å². The van der Waals surface area contributed by atoms with E-state index in [1.165, 1.54) is 13.0 Å². The van der Waals surface area contributed by atoms with Crippen LogP contribution in [0, 0.1) is 0 Å². The topological polar surface area (TPSA) is 63.4 Å². The molecular weight excluding hydrogens is 426 g/mol. The number of rotatable bonds is 9. The van der Waals surface area contributed by atoms with Crippen LogP contribution in [0.15, 0.2) is 66.7 Å². The van der Waals surface area contributed by atoms with Crippen molar-refractivity contribution in [2.75, 3.05) is 26.2 Å². The zero-order valence-electron chi connectivity index (χ0n) is 20.2. The van der Waals surface area contributed by atoms with Gasteiger partial charge in [0.15, 0.2) is 0 Å². The fourth-order valence-electron chi connectivity index (χ4n) is 4.57. The monoisotopic (exact) mass is 460 g/mol. The second-order valence-corrected chi connectivity index (χ2v) is 8.78. The summed E-state index contributed by atoms with van der Waals surface area (Å²) in [5.74, 6) is 1.90. The van der Waals surface area contributed by atoms with E-state index in [1.807, 2.05) is 42.5 Å². The lowest BCUT2D eigenvalue weighted by Crippen LogP contribution is -3.12. The van der Waals surface area contributed by atoms with Crippen LogP contribution in [0.2, 0.25) is 0 Å². The van der Waals surface area contributed by atoms with Gasteiger partial charge in [0.05, 0.1) is 13.1 Å². The highest BCUT2D eigenvalue weighted by atomic mass is 16.5. The summed E-state index contributed by atoms with van der Waals surface area (Å²) in [7, 11) is 0. The molecule has 0 saturated heterocycles. The fourth-order valence-corrected chi connectivity index (χ4v) is 4.57. The zero-order valence-corrected chi connectivity index (χ0v) is 20.2. The van der Waals surface area contributed by atoms with E-state index < -0.39 is 0 Å². The van der Waals surface area contributed by atoms with Gasteiger partial charge in [-0.05, 0) is 73.4 Å². The summed E-state index contributed by atoms with van der Waals surface area (Å²) in [4.78, 5) is 1.55. The van der Waals surface area contributed by atoms with Gasteiger partial charge in [-0.15, -0.1) is 0 Å². The Morgan fingerprint density at radius 3 is 2.26 bits per heavy atom. The first-order chi connectivity index (χ1) is 16.5. The number of ether oxygens (including phenoxy) is 2. The molecule has 0 radical (unpaired) electrons. The Morgan fingerprint density at radius 2 is 1.59 bits per heavy atom. The van der Waals surface area contributed by atoms with Crippen molar-refractivity contribution in [3.05, 3.63) is 83.4 Å². The van der Waals surface area contributed by atoms with Crippen LogP contribution in [0.1, 0.15) is 50.0 Å². The van der Waals surface area contributed by atoms with Gasteiger partial charge in [-0.2, -0.15) is 0 Å². The number of nitrogens with one attached hydrogen (secondary N) is 1. The van der Waals surface area contributed by atoms with Crippen molar-refractivity contribution in [1.29, 1.82) is 0 Å². The molecule has 3 aromatic rings. The van der Waals surface area contributed by atoms with E-state index in [9.17, 15) is 10.2 Å². The molecule has 0 amide bonds. The molecule has 1 heterocycles. The number of hydrogen-bond donors (Lipinski definition) is 3. The van der Waals surface area contributed by atoms with E-state index in [2.05, 4.69) is 20.8 Å². The first-order valence-corrected chi connectivity index (χ1v) is 12.1. The van der Waals surface area contributed by atoms with Crippen LogP contribution in [0.5, 0.6) is 23.0 Å². The highest BCUT2D eigenvalue weighted by molar-refractivity contribution is 5.95. The lowest BCUT2D eigenvalue weighted by molar-refractivity contribution is -0.898. The second-order valence-electron chi connectivity index (χ2n) is 8.78. The third-order valence-electron chi connectivity index (χ3n) is 6.47. The van der Waals surface area contributed by atoms with E-state index in [0.29, 0.717) is 12.4 Å². The average molecular weight is 461 g/mol. The molecule has 5 heteroatoms. The number of phenols is 2. The Labute approximate surface area is 201 Å². The molecule has 0 aliphatic carbocycles. The molecule has 3 aromatic carbocycles. The minimum Gasteiger partial charge on any atom is -0.508 e. The van der Waals surface area contributed by atoms with Crippen molar-refractivity contribution in [2.24, 2.45) is 0 Å². The molecular formula is C29H34NO4+. The van der Waals surface area contributed by atoms with Crippen LogP contribution in [0.4, 0.5) is 0 Å². The van der Waals surface area contributed by atoms with Crippen LogP contribution in [-0.4, -0.2) is 36.5 Å². The molecule has 0 aromatic heterocycles. The number of hydrogen-bond acceptors (Lipinski definition) is 4. The molecule has 178 valence electrons. The minimum atomic E-state index is -0.350. The SMILES string of the molecule is CCC[NH+](CC)CCOc1ccc([C@@H]2Oc3cc(O)ccc3C(C)=C2c2ccc(O)cc2)cc1. The molecule has 34 heavy (non-hydrogen) atoms. The average Bonchev–Trinajstić information content (AvgIpc) is 2.84. The maximum absolute atomic E-state index is 10.0. The molecule has 1 aliphatic heterocycles. The van der Waals surface area contributed by atoms with E-state index in [1.54, 1.807) is 29.2 Å². The Bertz CT molecular complexity index is 1140. The predicted octanol–water partition coefficient (Wildman–Crippen LogP) is 4.86. The molecule has 1 aliphatic rings. The van der Waals surface area contributed by atoms with Crippen molar-refractivity contribution in [2.45, 2.75) is 33.3 Å². The van der Waals surface area contributed by atoms with Gasteiger partial charge >= 0.3 is 0 Å². The number of aromatic hydroxyl groups is 2. The highest BCUT2D eigenvalue weighted by Crippen LogP contribution is 2.47. The van der Waals surface area contributed by atoms with E-state index >= 15 is 0 Å². The quantitative estimate of drug-likeness (QED) is 0.427. The van der Waals surface area contributed by atoms with E-state index in [0.717, 1.165) is 46.7 Å². The van der Waals surface area contributed by atoms with Gasteiger partial charge in [0.2, 0.25) is 0 Å². The van der Waals surface area contributed by atoms with Gasteiger partial charge in [0.1, 0.15) is 42.3 Å². The number of fused-ring (bicyclic) bond motifs is 1. The van der Waals surface area contributed by atoms with Crippen LogP contribution in [-0.2, 0) is 0 Å². The van der Waals surface area contributed by atoms with Crippen LogP contribution < -0.4 is 14.4 Å². The van der Waals surface area contributed by atoms with Crippen molar-refractivity contribution < 1.29 is 24.6 Å². The third kappa shape index (κ3) is 5.20. The molecule has 0 bridgehead atoms. The number of phenolic OH excluding ortho intramolecular Hbond substituents is 2. The molecule has 5 nitrogen and oxygen atoms in total. The highest BCUT2D eigenvalue weighted by Gasteiger charge is 2.29. The normalized spacial score (nSPS) is 16.0. The first kappa shape index (κ1) is 23.7. The van der Waals surface area contributed by atoms with Gasteiger partial charge in [-0.3, -0.25) is 0 Å². The van der Waals surface area contributed by atoms with Gasteiger partial charge in [-0.25, -0.2) is 0 Å². The summed E-state index contributed by atoms with van der Waals surface area (Å²) in [6.07, 6.45) is 0.827. The molecule has 0 saturated carbocycles. The summed E-state index contributed by atoms with van der Waals surface area (Å²) >= 11 is 0. The Morgan fingerprint density at radius 1 is 0.882 bits per heavy atom. The number of quaternary nitrogens is 1. The maximum atomic E-state index is 10.0. The molecule has 0 spiro atoms. The molecule has 2 atom stereocenters. The minimum absolute atomic E-state index is 0.174. The molecule has 0 fully saturated rings. The standard InChI is InChI=1S/C29H33NO4/c1-4-16-30(5-2)17-18-33-25-13-8-22(9-14-25)29-28(21-6-10-23(31)11-7-21)20(3)26-15-12-24(32)19-27(26)34-29/h6-15,19,29,31-32H,4-5,16-18H2,1-3H3/p+1/t29-/m0/s1.